The smallest absolute Gasteiger partial charge is 0.308 e. The number of hydrogen-bond donors (Lipinski definition) is 2. The number of rotatable bonds is 5. The number of fused-ring (bicyclic) bond motifs is 1. The van der Waals surface area contributed by atoms with Gasteiger partial charge in [0.1, 0.15) is 10.9 Å². The zero-order valence-corrected chi connectivity index (χ0v) is 18.1. The fourth-order valence-electron chi connectivity index (χ4n) is 2.98. The molecule has 0 radical (unpaired) electrons. The highest BCUT2D eigenvalue weighted by Crippen LogP contribution is 2.35. The number of nitrogens with one attached hydrogen (secondary N) is 2. The Morgan fingerprint density at radius 2 is 2.17 bits per heavy atom. The van der Waals surface area contributed by atoms with Crippen LogP contribution in [0.25, 0.3) is 10.1 Å². The molecule has 154 valence electrons. The van der Waals surface area contributed by atoms with Gasteiger partial charge in [-0.05, 0) is 24.7 Å². The van der Waals surface area contributed by atoms with Crippen LogP contribution >= 0.6 is 35.2 Å². The van der Waals surface area contributed by atoms with Gasteiger partial charge in [-0.25, -0.2) is 0 Å². The lowest BCUT2D eigenvalue weighted by Crippen LogP contribution is -2.60. The Balaban J connectivity index is 1.73. The predicted octanol–water partition coefficient (Wildman–Crippen LogP) is 2.71. The Kier molecular flexibility index (Phi) is 7.05. The zero-order chi connectivity index (χ0) is 21.0. The van der Waals surface area contributed by atoms with E-state index in [1.807, 2.05) is 31.2 Å². The maximum atomic E-state index is 12.7. The lowest BCUT2D eigenvalue weighted by Gasteiger charge is -2.36. The van der Waals surface area contributed by atoms with Crippen molar-refractivity contribution >= 4 is 68.1 Å². The van der Waals surface area contributed by atoms with E-state index in [0.717, 1.165) is 10.1 Å². The van der Waals surface area contributed by atoms with E-state index in [1.54, 1.807) is 4.90 Å². The lowest BCUT2D eigenvalue weighted by atomic mass is 10.1. The molecule has 1 aromatic carbocycles. The van der Waals surface area contributed by atoms with Crippen LogP contribution in [0.3, 0.4) is 0 Å². The standard InChI is InChI=1S/C19H20ClN3O4S2/c1-2-9-27-14(24)10-12-17(25)21-7-8-23(12)19(28)22-18(26)16-15(20)11-5-3-4-6-13(11)29-16/h3-6,12H,2,7-10H2,1H3,(H,21,25)(H,22,26,28). The van der Waals surface area contributed by atoms with Crippen LogP contribution in [0.1, 0.15) is 29.4 Å². The summed E-state index contributed by atoms with van der Waals surface area (Å²) in [5, 5.41) is 6.59. The molecule has 1 aliphatic heterocycles. The summed E-state index contributed by atoms with van der Waals surface area (Å²) >= 11 is 13.0. The molecule has 0 bridgehead atoms. The second-order valence-electron chi connectivity index (χ2n) is 6.43. The summed E-state index contributed by atoms with van der Waals surface area (Å²) in [5.41, 5.74) is 0. The summed E-state index contributed by atoms with van der Waals surface area (Å²) in [7, 11) is 0. The number of benzene rings is 1. The Morgan fingerprint density at radius 3 is 2.90 bits per heavy atom. The molecule has 1 atom stereocenters. The van der Waals surface area contributed by atoms with Crippen molar-refractivity contribution in [2.45, 2.75) is 25.8 Å². The second-order valence-corrected chi connectivity index (χ2v) is 8.24. The van der Waals surface area contributed by atoms with Crippen LogP contribution < -0.4 is 10.6 Å². The number of ether oxygens (including phenoxy) is 1. The molecule has 29 heavy (non-hydrogen) atoms. The molecule has 1 fully saturated rings. The highest BCUT2D eigenvalue weighted by molar-refractivity contribution is 7.80. The molecule has 0 aliphatic carbocycles. The van der Waals surface area contributed by atoms with Gasteiger partial charge in [0.2, 0.25) is 5.91 Å². The van der Waals surface area contributed by atoms with Crippen LogP contribution in [0.5, 0.6) is 0 Å². The van der Waals surface area contributed by atoms with Gasteiger partial charge in [-0.3, -0.25) is 19.7 Å². The molecular formula is C19H20ClN3O4S2. The van der Waals surface area contributed by atoms with Gasteiger partial charge in [-0.2, -0.15) is 0 Å². The molecule has 0 saturated carbocycles. The summed E-state index contributed by atoms with van der Waals surface area (Å²) in [5.74, 6) is -1.26. The number of halogens is 1. The van der Waals surface area contributed by atoms with Crippen LogP contribution in [0.4, 0.5) is 0 Å². The van der Waals surface area contributed by atoms with Gasteiger partial charge in [0.25, 0.3) is 5.91 Å². The lowest BCUT2D eigenvalue weighted by molar-refractivity contribution is -0.147. The first-order valence-corrected chi connectivity index (χ1v) is 10.7. The predicted molar refractivity (Wildman–Crippen MR) is 116 cm³/mol. The molecule has 1 unspecified atom stereocenters. The van der Waals surface area contributed by atoms with E-state index in [1.165, 1.54) is 11.3 Å². The zero-order valence-electron chi connectivity index (χ0n) is 15.7. The third kappa shape index (κ3) is 4.85. The van der Waals surface area contributed by atoms with Crippen molar-refractivity contribution in [2.75, 3.05) is 19.7 Å². The summed E-state index contributed by atoms with van der Waals surface area (Å²) < 4.78 is 5.97. The first kappa shape index (κ1) is 21.5. The number of amides is 2. The molecule has 0 spiro atoms. The second kappa shape index (κ2) is 9.51. The minimum Gasteiger partial charge on any atom is -0.466 e. The topological polar surface area (TPSA) is 87.7 Å². The Bertz CT molecular complexity index is 962. The fourth-order valence-corrected chi connectivity index (χ4v) is 4.70. The number of nitrogens with zero attached hydrogens (tertiary/aromatic N) is 1. The van der Waals surface area contributed by atoms with Gasteiger partial charge in [0.15, 0.2) is 5.11 Å². The molecule has 3 rings (SSSR count). The van der Waals surface area contributed by atoms with Crippen molar-refractivity contribution in [1.82, 2.24) is 15.5 Å². The fraction of sp³-hybridized carbons (Fsp3) is 0.368. The van der Waals surface area contributed by atoms with Crippen molar-refractivity contribution in [2.24, 2.45) is 0 Å². The van der Waals surface area contributed by atoms with Crippen molar-refractivity contribution < 1.29 is 19.1 Å². The van der Waals surface area contributed by atoms with Crippen LogP contribution in [0.2, 0.25) is 5.02 Å². The van der Waals surface area contributed by atoms with Crippen LogP contribution in [-0.4, -0.2) is 53.5 Å². The van der Waals surface area contributed by atoms with E-state index < -0.39 is 17.9 Å². The maximum absolute atomic E-state index is 12.7. The summed E-state index contributed by atoms with van der Waals surface area (Å²) in [4.78, 5) is 38.9. The monoisotopic (exact) mass is 453 g/mol. The van der Waals surface area contributed by atoms with Crippen molar-refractivity contribution in [3.8, 4) is 0 Å². The van der Waals surface area contributed by atoms with Crippen LogP contribution in [0, 0.1) is 0 Å². The molecule has 2 aromatic rings. The average Bonchev–Trinajstić information content (AvgIpc) is 3.05. The Hall–Kier alpha value is -2.23. The molecule has 1 saturated heterocycles. The van der Waals surface area contributed by atoms with E-state index in [-0.39, 0.29) is 17.4 Å². The van der Waals surface area contributed by atoms with Gasteiger partial charge in [-0.15, -0.1) is 11.3 Å². The minimum absolute atomic E-state index is 0.0756. The number of thiocarbonyl (C=S) groups is 1. The number of thiophene rings is 1. The van der Waals surface area contributed by atoms with E-state index in [4.69, 9.17) is 28.6 Å². The van der Waals surface area contributed by atoms with Crippen LogP contribution in [0.15, 0.2) is 24.3 Å². The largest absolute Gasteiger partial charge is 0.466 e. The van der Waals surface area contributed by atoms with Crippen molar-refractivity contribution in [3.63, 3.8) is 0 Å². The summed E-state index contributed by atoms with van der Waals surface area (Å²) in [6.07, 6.45) is 0.544. The molecule has 2 heterocycles. The van der Waals surface area contributed by atoms with Gasteiger partial charge in [0, 0.05) is 23.2 Å². The van der Waals surface area contributed by atoms with Gasteiger partial charge in [-0.1, -0.05) is 36.7 Å². The minimum atomic E-state index is -0.834. The van der Waals surface area contributed by atoms with E-state index in [9.17, 15) is 14.4 Å². The SMILES string of the molecule is CCCOC(=O)CC1C(=O)NCCN1C(=S)NC(=O)c1sc2ccccc2c1Cl. The highest BCUT2D eigenvalue weighted by Gasteiger charge is 2.34. The summed E-state index contributed by atoms with van der Waals surface area (Å²) in [6.45, 7) is 2.91. The third-order valence-electron chi connectivity index (χ3n) is 4.38. The molecule has 2 amide bonds. The van der Waals surface area contributed by atoms with E-state index in [2.05, 4.69) is 10.6 Å². The molecule has 1 aromatic heterocycles. The molecule has 7 nitrogen and oxygen atoms in total. The van der Waals surface area contributed by atoms with Crippen LogP contribution in [-0.2, 0) is 14.3 Å². The molecule has 1 aliphatic rings. The maximum Gasteiger partial charge on any atom is 0.308 e. The van der Waals surface area contributed by atoms with Gasteiger partial charge in [0.05, 0.1) is 18.1 Å². The van der Waals surface area contributed by atoms with E-state index >= 15 is 0 Å². The highest BCUT2D eigenvalue weighted by atomic mass is 35.5. The first-order valence-electron chi connectivity index (χ1n) is 9.14. The normalized spacial score (nSPS) is 16.4. The molecule has 2 N–H and O–H groups in total. The number of esters is 1. The quantitative estimate of drug-likeness (QED) is 0.534. The Morgan fingerprint density at radius 1 is 1.41 bits per heavy atom. The Labute approximate surface area is 182 Å². The number of hydrogen-bond acceptors (Lipinski definition) is 6. The third-order valence-corrected chi connectivity index (χ3v) is 6.39. The number of piperazine rings is 1. The number of carbonyl (C=O) groups is 3. The molecular weight excluding hydrogens is 434 g/mol. The van der Waals surface area contributed by atoms with E-state index in [0.29, 0.717) is 36.0 Å². The first-order chi connectivity index (χ1) is 13.9. The number of carbonyl (C=O) groups excluding carboxylic acids is 3. The average molecular weight is 454 g/mol. The molecule has 10 heteroatoms. The van der Waals surface area contributed by atoms with Crippen molar-refractivity contribution in [3.05, 3.63) is 34.2 Å². The van der Waals surface area contributed by atoms with Crippen molar-refractivity contribution in [1.29, 1.82) is 0 Å². The van der Waals surface area contributed by atoms with Gasteiger partial charge < -0.3 is 15.0 Å². The van der Waals surface area contributed by atoms with Gasteiger partial charge >= 0.3 is 5.97 Å². The summed E-state index contributed by atoms with van der Waals surface area (Å²) in [6, 6.07) is 6.61.